The lowest BCUT2D eigenvalue weighted by molar-refractivity contribution is -0.121. The van der Waals surface area contributed by atoms with Gasteiger partial charge in [-0.05, 0) is 37.1 Å². The number of carbonyl (C=O) groups is 2. The Morgan fingerprint density at radius 1 is 1.03 bits per heavy atom. The molecule has 0 saturated heterocycles. The molecule has 2 N–H and O–H groups in total. The summed E-state index contributed by atoms with van der Waals surface area (Å²) in [7, 11) is 0. The number of para-hydroxylation sites is 1. The zero-order valence-electron chi connectivity index (χ0n) is 16.3. The first kappa shape index (κ1) is 18.7. The molecule has 146 valence electrons. The minimum absolute atomic E-state index is 0.00983. The van der Waals surface area contributed by atoms with Crippen LogP contribution in [0.2, 0.25) is 0 Å². The zero-order chi connectivity index (χ0) is 20.4. The smallest absolute Gasteiger partial charge is 0.320 e. The van der Waals surface area contributed by atoms with Crippen LogP contribution >= 0.6 is 0 Å². The van der Waals surface area contributed by atoms with E-state index in [1.807, 2.05) is 68.4 Å². The van der Waals surface area contributed by atoms with Crippen molar-refractivity contribution >= 4 is 29.1 Å². The summed E-state index contributed by atoms with van der Waals surface area (Å²) in [5.74, 6) is 0.368. The Labute approximate surface area is 169 Å². The molecule has 0 unspecified atom stereocenters. The molecule has 2 aromatic carbocycles. The molecule has 0 fully saturated rings. The van der Waals surface area contributed by atoms with E-state index in [1.165, 1.54) is 0 Å². The topological polar surface area (TPSA) is 74.3 Å². The van der Waals surface area contributed by atoms with E-state index < -0.39 is 5.41 Å². The van der Waals surface area contributed by atoms with Crippen LogP contribution in [0.5, 0.6) is 0 Å². The van der Waals surface area contributed by atoms with Gasteiger partial charge in [-0.2, -0.15) is 0 Å². The number of carbonyl (C=O) groups excluding carboxylic acids is 2. The van der Waals surface area contributed by atoms with Crippen molar-refractivity contribution < 1.29 is 9.59 Å². The number of rotatable bonds is 4. The maximum atomic E-state index is 13.1. The van der Waals surface area contributed by atoms with Crippen molar-refractivity contribution in [2.75, 3.05) is 10.2 Å². The Balaban J connectivity index is 1.52. The monoisotopic (exact) mass is 386 g/mol. The average molecular weight is 386 g/mol. The van der Waals surface area contributed by atoms with Crippen LogP contribution in [0.15, 0.2) is 72.9 Å². The van der Waals surface area contributed by atoms with Gasteiger partial charge in [-0.3, -0.25) is 15.0 Å². The van der Waals surface area contributed by atoms with Gasteiger partial charge in [0.2, 0.25) is 5.91 Å². The molecule has 0 bridgehead atoms. The van der Waals surface area contributed by atoms with Gasteiger partial charge in [0.1, 0.15) is 5.82 Å². The van der Waals surface area contributed by atoms with Crippen LogP contribution in [0, 0.1) is 0 Å². The van der Waals surface area contributed by atoms with Crippen LogP contribution < -0.4 is 15.5 Å². The summed E-state index contributed by atoms with van der Waals surface area (Å²) in [6.07, 6.45) is 1.59. The zero-order valence-corrected chi connectivity index (χ0v) is 16.3. The first-order valence-corrected chi connectivity index (χ1v) is 9.46. The van der Waals surface area contributed by atoms with E-state index in [1.54, 1.807) is 23.2 Å². The summed E-state index contributed by atoms with van der Waals surface area (Å²) in [6.45, 7) is 4.26. The number of nitrogens with one attached hydrogen (secondary N) is 2. The number of pyridine rings is 1. The molecule has 1 aliphatic rings. The van der Waals surface area contributed by atoms with E-state index in [0.717, 1.165) is 16.8 Å². The molecule has 1 aliphatic heterocycles. The molecule has 4 rings (SSSR count). The van der Waals surface area contributed by atoms with Crippen molar-refractivity contribution in [1.82, 2.24) is 10.3 Å². The Hall–Kier alpha value is -3.67. The molecule has 3 aromatic rings. The molecular formula is C23H22N4O2. The minimum Gasteiger partial charge on any atom is -0.334 e. The van der Waals surface area contributed by atoms with Crippen molar-refractivity contribution in [3.8, 4) is 0 Å². The van der Waals surface area contributed by atoms with Crippen LogP contribution in [0.4, 0.5) is 22.0 Å². The summed E-state index contributed by atoms with van der Waals surface area (Å²) in [5, 5.41) is 5.54. The number of amides is 3. The van der Waals surface area contributed by atoms with Gasteiger partial charge in [0.25, 0.3) is 0 Å². The van der Waals surface area contributed by atoms with Crippen molar-refractivity contribution in [1.29, 1.82) is 0 Å². The Morgan fingerprint density at radius 3 is 2.55 bits per heavy atom. The number of urea groups is 1. The second-order valence-electron chi connectivity index (χ2n) is 7.48. The van der Waals surface area contributed by atoms with Crippen LogP contribution in [-0.2, 0) is 16.8 Å². The predicted molar refractivity (Wildman–Crippen MR) is 113 cm³/mol. The largest absolute Gasteiger partial charge is 0.334 e. The maximum absolute atomic E-state index is 13.1. The molecule has 2 heterocycles. The van der Waals surface area contributed by atoms with Crippen LogP contribution in [-0.4, -0.2) is 16.9 Å². The summed E-state index contributed by atoms with van der Waals surface area (Å²) in [4.78, 5) is 31.2. The highest BCUT2D eigenvalue weighted by atomic mass is 16.2. The molecule has 6 nitrogen and oxygen atoms in total. The number of nitrogens with zero attached hydrogens (tertiary/aromatic N) is 2. The van der Waals surface area contributed by atoms with Crippen molar-refractivity contribution in [3.05, 3.63) is 84.1 Å². The van der Waals surface area contributed by atoms with Crippen molar-refractivity contribution in [2.24, 2.45) is 0 Å². The normalized spacial score (nSPS) is 14.4. The first-order chi connectivity index (χ1) is 14.0. The molecule has 0 atom stereocenters. The molecule has 1 aromatic heterocycles. The van der Waals surface area contributed by atoms with Gasteiger partial charge in [-0.1, -0.05) is 48.5 Å². The van der Waals surface area contributed by atoms with E-state index in [2.05, 4.69) is 15.6 Å². The number of hydrogen-bond acceptors (Lipinski definition) is 3. The van der Waals surface area contributed by atoms with Gasteiger partial charge in [0.05, 0.1) is 16.8 Å². The highest BCUT2D eigenvalue weighted by Crippen LogP contribution is 2.45. The van der Waals surface area contributed by atoms with Crippen LogP contribution in [0.3, 0.4) is 0 Å². The summed E-state index contributed by atoms with van der Waals surface area (Å²) < 4.78 is 0. The Bertz CT molecular complexity index is 1060. The second kappa shape index (κ2) is 7.39. The van der Waals surface area contributed by atoms with Gasteiger partial charge < -0.3 is 5.32 Å². The number of benzene rings is 2. The van der Waals surface area contributed by atoms with Gasteiger partial charge in [0, 0.05) is 18.8 Å². The average Bonchev–Trinajstić information content (AvgIpc) is 2.93. The van der Waals surface area contributed by atoms with Gasteiger partial charge >= 0.3 is 6.03 Å². The molecule has 0 saturated carbocycles. The third kappa shape index (κ3) is 3.57. The molecule has 0 spiro atoms. The lowest BCUT2D eigenvalue weighted by Gasteiger charge is -2.21. The van der Waals surface area contributed by atoms with Gasteiger partial charge in [0.15, 0.2) is 0 Å². The molecule has 0 radical (unpaired) electrons. The predicted octanol–water partition coefficient (Wildman–Crippen LogP) is 4.36. The SMILES string of the molecule is CC1(C)C(=O)N(c2ccnc(NC(=O)NCc3ccccc3)c2)c2ccccc21. The van der Waals surface area contributed by atoms with E-state index in [0.29, 0.717) is 18.1 Å². The highest BCUT2D eigenvalue weighted by Gasteiger charge is 2.44. The van der Waals surface area contributed by atoms with Crippen LogP contribution in [0.1, 0.15) is 25.0 Å². The number of fused-ring (bicyclic) bond motifs is 1. The Morgan fingerprint density at radius 2 is 1.76 bits per heavy atom. The van der Waals surface area contributed by atoms with Gasteiger partial charge in [-0.25, -0.2) is 9.78 Å². The number of hydrogen-bond donors (Lipinski definition) is 2. The first-order valence-electron chi connectivity index (χ1n) is 9.46. The van der Waals surface area contributed by atoms with Gasteiger partial charge in [-0.15, -0.1) is 0 Å². The number of anilines is 3. The third-order valence-corrected chi connectivity index (χ3v) is 5.10. The maximum Gasteiger partial charge on any atom is 0.320 e. The molecular weight excluding hydrogens is 364 g/mol. The standard InChI is InChI=1S/C23H22N4O2/c1-23(2)18-10-6-7-11-19(18)27(21(23)28)17-12-13-24-20(14-17)26-22(29)25-15-16-8-4-3-5-9-16/h3-14H,15H2,1-2H3,(H2,24,25,26,29). The van der Waals surface area contributed by atoms with E-state index in [9.17, 15) is 9.59 Å². The molecule has 6 heteroatoms. The fraction of sp³-hybridized carbons (Fsp3) is 0.174. The van der Waals surface area contributed by atoms with E-state index in [4.69, 9.17) is 0 Å². The lowest BCUT2D eigenvalue weighted by Crippen LogP contribution is -2.33. The fourth-order valence-corrected chi connectivity index (χ4v) is 3.52. The second-order valence-corrected chi connectivity index (χ2v) is 7.48. The number of aromatic nitrogens is 1. The van der Waals surface area contributed by atoms with Crippen molar-refractivity contribution in [3.63, 3.8) is 0 Å². The van der Waals surface area contributed by atoms with E-state index in [-0.39, 0.29) is 11.9 Å². The van der Waals surface area contributed by atoms with E-state index >= 15 is 0 Å². The summed E-state index contributed by atoms with van der Waals surface area (Å²) in [6, 6.07) is 20.5. The highest BCUT2D eigenvalue weighted by molar-refractivity contribution is 6.12. The summed E-state index contributed by atoms with van der Waals surface area (Å²) in [5.41, 5.74) is 2.90. The minimum atomic E-state index is -0.611. The van der Waals surface area contributed by atoms with Crippen LogP contribution in [0.25, 0.3) is 0 Å². The van der Waals surface area contributed by atoms with Crippen molar-refractivity contribution in [2.45, 2.75) is 25.8 Å². The quantitative estimate of drug-likeness (QED) is 0.700. The summed E-state index contributed by atoms with van der Waals surface area (Å²) >= 11 is 0. The molecule has 0 aliphatic carbocycles. The molecule has 29 heavy (non-hydrogen) atoms. The lowest BCUT2D eigenvalue weighted by atomic mass is 9.86. The Kier molecular flexibility index (Phi) is 4.76. The molecule has 3 amide bonds. The third-order valence-electron chi connectivity index (χ3n) is 5.10. The fourth-order valence-electron chi connectivity index (χ4n) is 3.52.